The van der Waals surface area contributed by atoms with E-state index < -0.39 is 6.10 Å². The van der Waals surface area contributed by atoms with Gasteiger partial charge in [-0.2, -0.15) is 0 Å². The van der Waals surface area contributed by atoms with E-state index in [0.29, 0.717) is 19.4 Å². The Morgan fingerprint density at radius 1 is 0.568 bits per heavy atom. The Kier molecular flexibility index (Phi) is 32.0. The molecule has 0 heterocycles. The third-order valence-corrected chi connectivity index (χ3v) is 7.36. The minimum atomic E-state index is -0.805. The van der Waals surface area contributed by atoms with E-state index in [1.807, 2.05) is 0 Å². The molecule has 0 fully saturated rings. The van der Waals surface area contributed by atoms with Crippen LogP contribution < -0.4 is 0 Å². The molecule has 0 amide bonds. The number of ether oxygens (including phenoxy) is 2. The molecule has 0 saturated carbocycles. The largest absolute Gasteiger partial charge is 0.462 e. The van der Waals surface area contributed by atoms with Gasteiger partial charge < -0.3 is 19.7 Å². The number of aliphatic hydroxyl groups excluding tert-OH is 2. The van der Waals surface area contributed by atoms with Crippen LogP contribution in [0.2, 0.25) is 0 Å². The van der Waals surface area contributed by atoms with Crippen molar-refractivity contribution in [1.29, 1.82) is 0 Å². The highest BCUT2D eigenvalue weighted by Gasteiger charge is 2.15. The monoisotopic (exact) mass is 618 g/mol. The first-order valence-corrected chi connectivity index (χ1v) is 17.7. The summed E-state index contributed by atoms with van der Waals surface area (Å²) in [5.74, 6) is 0.135. The van der Waals surface area contributed by atoms with E-state index in [4.69, 9.17) is 14.6 Å². The molecule has 0 aliphatic carbocycles. The summed E-state index contributed by atoms with van der Waals surface area (Å²) < 4.78 is 10.5. The summed E-state index contributed by atoms with van der Waals surface area (Å²) in [6.07, 6.45) is 37.6. The van der Waals surface area contributed by atoms with Gasteiger partial charge in [0.2, 0.25) is 0 Å². The highest BCUT2D eigenvalue weighted by molar-refractivity contribution is 5.70. The fourth-order valence-electron chi connectivity index (χ4n) is 4.65. The molecule has 0 rings (SSSR count). The van der Waals surface area contributed by atoms with Gasteiger partial charge in [-0.3, -0.25) is 9.59 Å². The average molecular weight is 619 g/mol. The molecular weight excluding hydrogens is 552 g/mol. The number of carbonyl (C=O) groups excluding carboxylic acids is 2. The molecule has 254 valence electrons. The Bertz CT molecular complexity index is 767. The predicted molar refractivity (Wildman–Crippen MR) is 183 cm³/mol. The Morgan fingerprint density at radius 3 is 1.59 bits per heavy atom. The maximum absolute atomic E-state index is 12.1. The van der Waals surface area contributed by atoms with Gasteiger partial charge in [0.05, 0.1) is 6.61 Å². The molecule has 0 aliphatic rings. The number of hydrogen-bond donors (Lipinski definition) is 2. The van der Waals surface area contributed by atoms with E-state index in [1.165, 1.54) is 44.9 Å². The van der Waals surface area contributed by atoms with Gasteiger partial charge in [0.1, 0.15) is 6.61 Å². The molecule has 44 heavy (non-hydrogen) atoms. The molecular formula is C38H66O6. The van der Waals surface area contributed by atoms with Crippen molar-refractivity contribution in [3.63, 3.8) is 0 Å². The zero-order valence-corrected chi connectivity index (χ0v) is 28.3. The van der Waals surface area contributed by atoms with Gasteiger partial charge >= 0.3 is 11.9 Å². The number of rotatable bonds is 31. The van der Waals surface area contributed by atoms with Crippen molar-refractivity contribution >= 4 is 11.9 Å². The van der Waals surface area contributed by atoms with E-state index in [-0.39, 0.29) is 31.6 Å². The van der Waals surface area contributed by atoms with E-state index in [1.54, 1.807) is 0 Å². The minimum absolute atomic E-state index is 0.0951. The normalized spacial score (nSPS) is 12.8. The van der Waals surface area contributed by atoms with Gasteiger partial charge in [0.25, 0.3) is 0 Å². The van der Waals surface area contributed by atoms with Crippen molar-refractivity contribution in [1.82, 2.24) is 0 Å². The number of esters is 2. The molecule has 0 aliphatic heterocycles. The lowest BCUT2D eigenvalue weighted by molar-refractivity contribution is -0.161. The van der Waals surface area contributed by atoms with Gasteiger partial charge in [0.15, 0.2) is 6.10 Å². The standard InChI is InChI=1S/C38H66O6/c1-35(2)29-25-21-17-13-12-15-18-22-26-30-37(41)43-34-36(33-40)44-38(42)31-27-23-19-14-10-8-6-4-3-5-7-9-11-16-20-24-28-32-39/h3,5-6,8-9,11,14,19,35-36,39-40H,4,7,10,12-13,15-18,20-34H2,1-2H3/b5-3-,8-6-,11-9-,19-14-/t36-/m0/s1. The summed E-state index contributed by atoms with van der Waals surface area (Å²) in [5, 5.41) is 18.3. The third-order valence-electron chi connectivity index (χ3n) is 7.36. The van der Waals surface area contributed by atoms with Crippen LogP contribution in [0.15, 0.2) is 48.6 Å². The van der Waals surface area contributed by atoms with E-state index in [9.17, 15) is 14.7 Å². The summed E-state index contributed by atoms with van der Waals surface area (Å²) in [5.41, 5.74) is 0. The zero-order chi connectivity index (χ0) is 32.4. The quantitative estimate of drug-likeness (QED) is 0.0457. The van der Waals surface area contributed by atoms with Gasteiger partial charge in [0, 0.05) is 19.4 Å². The summed E-state index contributed by atoms with van der Waals surface area (Å²) in [6.45, 7) is 4.40. The fraction of sp³-hybridized carbons (Fsp3) is 0.737. The van der Waals surface area contributed by atoms with Crippen LogP contribution in [-0.4, -0.2) is 48.1 Å². The molecule has 1 atom stereocenters. The lowest BCUT2D eigenvalue weighted by Gasteiger charge is -2.15. The minimum Gasteiger partial charge on any atom is -0.462 e. The number of unbranched alkanes of at least 4 members (excludes halogenated alkanes) is 12. The molecule has 0 aromatic rings. The van der Waals surface area contributed by atoms with Crippen molar-refractivity contribution in [3.05, 3.63) is 48.6 Å². The molecule has 0 unspecified atom stereocenters. The summed E-state index contributed by atoms with van der Waals surface area (Å²) >= 11 is 0. The van der Waals surface area contributed by atoms with E-state index >= 15 is 0 Å². The van der Waals surface area contributed by atoms with Crippen LogP contribution in [0.3, 0.4) is 0 Å². The highest BCUT2D eigenvalue weighted by Crippen LogP contribution is 2.14. The first kappa shape index (κ1) is 41.8. The zero-order valence-electron chi connectivity index (χ0n) is 28.3. The van der Waals surface area contributed by atoms with Crippen LogP contribution in [0.4, 0.5) is 0 Å². The molecule has 0 saturated heterocycles. The summed E-state index contributed by atoms with van der Waals surface area (Å²) in [6, 6.07) is 0. The Hall–Kier alpha value is -2.18. The highest BCUT2D eigenvalue weighted by atomic mass is 16.6. The van der Waals surface area contributed by atoms with E-state index in [2.05, 4.69) is 62.5 Å². The van der Waals surface area contributed by atoms with Crippen molar-refractivity contribution in [3.8, 4) is 0 Å². The number of allylic oxidation sites excluding steroid dienone is 8. The Morgan fingerprint density at radius 2 is 1.05 bits per heavy atom. The van der Waals surface area contributed by atoms with Gasteiger partial charge in [-0.1, -0.05) is 127 Å². The van der Waals surface area contributed by atoms with Gasteiger partial charge in [-0.05, 0) is 63.7 Å². The van der Waals surface area contributed by atoms with Crippen molar-refractivity contribution in [2.24, 2.45) is 5.92 Å². The molecule has 0 radical (unpaired) electrons. The maximum Gasteiger partial charge on any atom is 0.306 e. The van der Waals surface area contributed by atoms with Crippen molar-refractivity contribution < 1.29 is 29.3 Å². The SMILES string of the molecule is CC(C)CCCCCCCCCCCC(=O)OC[C@H](CO)OC(=O)CCC/C=C\C/C=C\C/C=C\C/C=C\CCCCCO. The van der Waals surface area contributed by atoms with Crippen LogP contribution >= 0.6 is 0 Å². The van der Waals surface area contributed by atoms with Crippen molar-refractivity contribution in [2.75, 3.05) is 19.8 Å². The van der Waals surface area contributed by atoms with Crippen LogP contribution in [0.5, 0.6) is 0 Å². The molecule has 0 aromatic carbocycles. The van der Waals surface area contributed by atoms with Crippen molar-refractivity contribution in [2.45, 2.75) is 155 Å². The predicted octanol–water partition coefficient (Wildman–Crippen LogP) is 9.50. The molecule has 6 heteroatoms. The van der Waals surface area contributed by atoms with Gasteiger partial charge in [-0.15, -0.1) is 0 Å². The smallest absolute Gasteiger partial charge is 0.306 e. The second-order valence-electron chi connectivity index (χ2n) is 12.1. The maximum atomic E-state index is 12.1. The molecule has 0 aromatic heterocycles. The fourth-order valence-corrected chi connectivity index (χ4v) is 4.65. The number of aliphatic hydroxyl groups is 2. The van der Waals surface area contributed by atoms with Gasteiger partial charge in [-0.25, -0.2) is 0 Å². The van der Waals surface area contributed by atoms with Crippen LogP contribution in [-0.2, 0) is 19.1 Å². The third kappa shape index (κ3) is 32.7. The summed E-state index contributed by atoms with van der Waals surface area (Å²) in [7, 11) is 0. The van der Waals surface area contributed by atoms with Crippen LogP contribution in [0, 0.1) is 5.92 Å². The first-order chi connectivity index (χ1) is 21.5. The lowest BCUT2D eigenvalue weighted by Crippen LogP contribution is -2.28. The number of carbonyl (C=O) groups is 2. The molecule has 6 nitrogen and oxygen atoms in total. The summed E-state index contributed by atoms with van der Waals surface area (Å²) in [4.78, 5) is 24.1. The second-order valence-corrected chi connectivity index (χ2v) is 12.1. The Balaban J connectivity index is 3.70. The first-order valence-electron chi connectivity index (χ1n) is 17.7. The molecule has 2 N–H and O–H groups in total. The average Bonchev–Trinajstić information content (AvgIpc) is 3.01. The van der Waals surface area contributed by atoms with E-state index in [0.717, 1.165) is 76.5 Å². The lowest BCUT2D eigenvalue weighted by atomic mass is 10.0. The van der Waals surface area contributed by atoms with Crippen LogP contribution in [0.25, 0.3) is 0 Å². The number of hydrogen-bond acceptors (Lipinski definition) is 6. The second kappa shape index (κ2) is 33.7. The van der Waals surface area contributed by atoms with Crippen LogP contribution in [0.1, 0.15) is 149 Å². The molecule has 0 spiro atoms. The topological polar surface area (TPSA) is 93.1 Å². The molecule has 0 bridgehead atoms. The Labute approximate surface area is 270 Å².